The van der Waals surface area contributed by atoms with Crippen LogP contribution in [0.4, 0.5) is 0 Å². The Bertz CT molecular complexity index is 584. The van der Waals surface area contributed by atoms with Gasteiger partial charge >= 0.3 is 0 Å². The molecule has 7 rings (SSSR count). The zero-order chi connectivity index (χ0) is 14.3. The van der Waals surface area contributed by atoms with Crippen LogP contribution >= 0.6 is 0 Å². The molecule has 5 heterocycles. The molecule has 0 unspecified atom stereocenters. The van der Waals surface area contributed by atoms with Gasteiger partial charge in [0.25, 0.3) is 0 Å². The summed E-state index contributed by atoms with van der Waals surface area (Å²) in [6.07, 6.45) is 8.14. The molecule has 5 atom stereocenters. The van der Waals surface area contributed by atoms with Crippen molar-refractivity contribution in [3.05, 3.63) is 24.3 Å². The number of hydrogen-bond acceptors (Lipinski definition) is 3. The molecule has 0 aromatic carbocycles. The summed E-state index contributed by atoms with van der Waals surface area (Å²) >= 11 is 0. The molecule has 2 spiro atoms. The topological polar surface area (TPSA) is 60.9 Å². The summed E-state index contributed by atoms with van der Waals surface area (Å²) in [6.45, 7) is 0. The fraction of sp³-hybridized carbons (Fsp3) is 0.600. The average molecular weight is 274 g/mol. The summed E-state index contributed by atoms with van der Waals surface area (Å²) in [7, 11) is 3.50. The number of amides is 2. The number of hydrogen-bond donors (Lipinski definition) is 1. The maximum atomic E-state index is 13.0. The van der Waals surface area contributed by atoms with E-state index in [0.717, 1.165) is 0 Å². The van der Waals surface area contributed by atoms with Gasteiger partial charge in [-0.2, -0.15) is 0 Å². The summed E-state index contributed by atoms with van der Waals surface area (Å²) in [5, 5.41) is 10.6. The minimum atomic E-state index is -1.02. The van der Waals surface area contributed by atoms with Crippen molar-refractivity contribution < 1.29 is 14.7 Å². The van der Waals surface area contributed by atoms with E-state index >= 15 is 0 Å². The van der Waals surface area contributed by atoms with Crippen LogP contribution in [0.15, 0.2) is 24.3 Å². The Labute approximate surface area is 117 Å². The van der Waals surface area contributed by atoms with E-state index in [2.05, 4.69) is 0 Å². The van der Waals surface area contributed by atoms with Crippen molar-refractivity contribution in [2.75, 3.05) is 14.1 Å². The van der Waals surface area contributed by atoms with Gasteiger partial charge in [0.05, 0.1) is 23.6 Å². The van der Waals surface area contributed by atoms with E-state index in [0.29, 0.717) is 12.8 Å². The lowest BCUT2D eigenvalue weighted by atomic mass is 9.61. The third kappa shape index (κ3) is 0.965. The predicted octanol–water partition coefficient (Wildman–Crippen LogP) is -0.0789. The third-order valence-corrected chi connectivity index (χ3v) is 5.88. The average Bonchev–Trinajstić information content (AvgIpc) is 2.67. The maximum absolute atomic E-state index is 13.0. The van der Waals surface area contributed by atoms with Crippen LogP contribution in [0.1, 0.15) is 12.8 Å². The second-order valence-corrected chi connectivity index (χ2v) is 6.40. The van der Waals surface area contributed by atoms with Gasteiger partial charge in [-0.3, -0.25) is 9.59 Å². The smallest absolute Gasteiger partial charge is 0.238 e. The normalized spacial score (nSPS) is 48.9. The monoisotopic (exact) mass is 274 g/mol. The van der Waals surface area contributed by atoms with Crippen molar-refractivity contribution in [2.45, 2.75) is 30.5 Å². The third-order valence-electron chi connectivity index (χ3n) is 5.88. The Morgan fingerprint density at radius 3 is 2.75 bits per heavy atom. The number of likely N-dealkylation sites (N-methyl/N-ethyl adjacent to an activating group) is 2. The molecule has 4 bridgehead atoms. The Balaban J connectivity index is 2.08. The van der Waals surface area contributed by atoms with Crippen LogP contribution in [0.25, 0.3) is 0 Å². The minimum absolute atomic E-state index is 0.0414. The quantitative estimate of drug-likeness (QED) is 0.629. The van der Waals surface area contributed by atoms with Crippen molar-refractivity contribution in [3.8, 4) is 0 Å². The fourth-order valence-electron chi connectivity index (χ4n) is 4.71. The molecule has 1 N–H and O–H groups in total. The highest BCUT2D eigenvalue weighted by Gasteiger charge is 2.69. The number of aliphatic hydroxyl groups is 1. The van der Waals surface area contributed by atoms with Crippen LogP contribution < -0.4 is 0 Å². The summed E-state index contributed by atoms with van der Waals surface area (Å²) in [6, 6.07) is -0.245. The van der Waals surface area contributed by atoms with Crippen molar-refractivity contribution in [3.63, 3.8) is 0 Å². The first-order valence-electron chi connectivity index (χ1n) is 7.07. The van der Waals surface area contributed by atoms with Gasteiger partial charge in [0.2, 0.25) is 11.8 Å². The molecular formula is C15H18N2O3. The van der Waals surface area contributed by atoms with E-state index in [9.17, 15) is 14.7 Å². The molecule has 2 fully saturated rings. The highest BCUT2D eigenvalue weighted by molar-refractivity contribution is 5.96. The Kier molecular flexibility index (Phi) is 2.03. The van der Waals surface area contributed by atoms with E-state index in [1.54, 1.807) is 23.9 Å². The lowest BCUT2D eigenvalue weighted by Gasteiger charge is -2.57. The number of nitrogens with zero attached hydrogens (tertiary/aromatic N) is 2. The van der Waals surface area contributed by atoms with Gasteiger partial charge in [0.1, 0.15) is 5.41 Å². The number of aliphatic hydroxyl groups excluding tert-OH is 1. The largest absolute Gasteiger partial charge is 0.392 e. The van der Waals surface area contributed by atoms with E-state index in [1.165, 1.54) is 0 Å². The Hall–Kier alpha value is -1.62. The molecule has 5 nitrogen and oxygen atoms in total. The van der Waals surface area contributed by atoms with Gasteiger partial charge in [-0.05, 0) is 12.8 Å². The number of rotatable bonds is 0. The van der Waals surface area contributed by atoms with Gasteiger partial charge in [-0.1, -0.05) is 24.3 Å². The van der Waals surface area contributed by atoms with Gasteiger partial charge < -0.3 is 14.9 Å². The van der Waals surface area contributed by atoms with Crippen LogP contribution in [0.2, 0.25) is 0 Å². The first-order valence-corrected chi connectivity index (χ1v) is 7.07. The van der Waals surface area contributed by atoms with Gasteiger partial charge in [0, 0.05) is 14.1 Å². The fourth-order valence-corrected chi connectivity index (χ4v) is 4.71. The predicted molar refractivity (Wildman–Crippen MR) is 71.5 cm³/mol. The summed E-state index contributed by atoms with van der Waals surface area (Å²) < 4.78 is 0. The molecule has 0 radical (unpaired) electrons. The zero-order valence-corrected chi connectivity index (χ0v) is 11.6. The van der Waals surface area contributed by atoms with Crippen molar-refractivity contribution in [1.29, 1.82) is 0 Å². The lowest BCUT2D eigenvalue weighted by Crippen LogP contribution is -2.72. The molecular weight excluding hydrogens is 256 g/mol. The minimum Gasteiger partial charge on any atom is -0.392 e. The first-order chi connectivity index (χ1) is 9.45. The number of carbonyl (C=O) groups excluding carboxylic acids is 2. The zero-order valence-electron chi connectivity index (χ0n) is 11.6. The summed E-state index contributed by atoms with van der Waals surface area (Å²) in [4.78, 5) is 29.0. The van der Waals surface area contributed by atoms with Crippen LogP contribution in [-0.2, 0) is 9.59 Å². The highest BCUT2D eigenvalue weighted by Crippen LogP contribution is 2.58. The molecule has 0 aromatic heterocycles. The molecule has 5 aliphatic heterocycles. The Morgan fingerprint density at radius 2 is 2.00 bits per heavy atom. The van der Waals surface area contributed by atoms with E-state index in [4.69, 9.17) is 0 Å². The standard InChI is InChI=1S/C15H18N2O3/c1-16-10-4-8-15(13(16)20)11(18)5-7-14(15)6-3-9(10)12(19)17(14)2/h3-4,6,8-11,18H,5,7H2,1-2H3/t9-,10+,11-,14-,15-/m1/s1. The second-order valence-electron chi connectivity index (χ2n) is 6.40. The molecule has 1 saturated heterocycles. The molecule has 106 valence electrons. The van der Waals surface area contributed by atoms with Crippen molar-refractivity contribution >= 4 is 11.8 Å². The van der Waals surface area contributed by atoms with Crippen LogP contribution in [-0.4, -0.2) is 58.5 Å². The molecule has 7 aliphatic rings. The molecule has 20 heavy (non-hydrogen) atoms. The SMILES string of the molecule is CN1C(=O)[C@]23C=C[C@H]1[C@H]1C=C[C@]2(CC[C@H]3O)N(C)C1=O. The molecule has 1 saturated carbocycles. The Morgan fingerprint density at radius 1 is 1.25 bits per heavy atom. The molecule has 2 amide bonds. The molecule has 0 aromatic rings. The number of carbonyl (C=O) groups is 2. The summed E-state index contributed by atoms with van der Waals surface area (Å²) in [5.41, 5.74) is -1.74. The van der Waals surface area contributed by atoms with Gasteiger partial charge in [-0.15, -0.1) is 0 Å². The van der Waals surface area contributed by atoms with Crippen LogP contribution in [0.5, 0.6) is 0 Å². The lowest BCUT2D eigenvalue weighted by molar-refractivity contribution is -0.165. The van der Waals surface area contributed by atoms with Gasteiger partial charge in [0.15, 0.2) is 0 Å². The van der Waals surface area contributed by atoms with E-state index < -0.39 is 17.1 Å². The molecule has 2 aliphatic carbocycles. The highest BCUT2D eigenvalue weighted by atomic mass is 16.3. The summed E-state index contributed by atoms with van der Waals surface area (Å²) in [5.74, 6) is -0.338. The van der Waals surface area contributed by atoms with Crippen LogP contribution in [0.3, 0.4) is 0 Å². The first kappa shape index (κ1) is 12.1. The van der Waals surface area contributed by atoms with Crippen LogP contribution in [0, 0.1) is 11.3 Å². The second kappa shape index (κ2) is 3.34. The van der Waals surface area contributed by atoms with E-state index in [-0.39, 0.29) is 23.8 Å². The van der Waals surface area contributed by atoms with Gasteiger partial charge in [-0.25, -0.2) is 0 Å². The molecule has 5 heteroatoms. The van der Waals surface area contributed by atoms with Crippen molar-refractivity contribution in [2.24, 2.45) is 11.3 Å². The maximum Gasteiger partial charge on any atom is 0.238 e. The van der Waals surface area contributed by atoms with Crippen molar-refractivity contribution in [1.82, 2.24) is 9.80 Å². The van der Waals surface area contributed by atoms with E-state index in [1.807, 2.05) is 24.3 Å².